The fraction of sp³-hybridized carbons (Fsp3) is 0.316. The maximum atomic E-state index is 12.2. The van der Waals surface area contributed by atoms with Crippen LogP contribution in [-0.4, -0.2) is 31.6 Å². The second-order valence-corrected chi connectivity index (χ2v) is 7.06. The summed E-state index contributed by atoms with van der Waals surface area (Å²) in [4.78, 5) is 14.3. The molecule has 0 heterocycles. The Morgan fingerprint density at radius 3 is 2.29 bits per heavy atom. The maximum absolute atomic E-state index is 12.2. The van der Waals surface area contributed by atoms with E-state index in [1.54, 1.807) is 0 Å². The van der Waals surface area contributed by atoms with Crippen molar-refractivity contribution in [1.82, 2.24) is 10.2 Å². The molecule has 0 aliphatic carbocycles. The first-order chi connectivity index (χ1) is 11.4. The molecule has 5 heteroatoms. The van der Waals surface area contributed by atoms with Crippen LogP contribution in [0.2, 0.25) is 0 Å². The summed E-state index contributed by atoms with van der Waals surface area (Å²) in [5.74, 6) is 0. The highest BCUT2D eigenvalue weighted by Gasteiger charge is 2.15. The lowest BCUT2D eigenvalue weighted by atomic mass is 10.0. The third kappa shape index (κ3) is 5.08. The predicted octanol–water partition coefficient (Wildman–Crippen LogP) is 4.49. The molecule has 0 fully saturated rings. The lowest BCUT2D eigenvalue weighted by molar-refractivity contribution is 0.243. The largest absolute Gasteiger partial charge is 0.336 e. The molecule has 2 aromatic carbocycles. The smallest absolute Gasteiger partial charge is 0.319 e. The Bertz CT molecular complexity index is 698. The Morgan fingerprint density at radius 2 is 1.71 bits per heavy atom. The zero-order valence-electron chi connectivity index (χ0n) is 14.6. The summed E-state index contributed by atoms with van der Waals surface area (Å²) in [6, 6.07) is 14.1. The standard InChI is InChI=1S/C19H24BrN3O/c1-13-5-8-15(9-6-13)18(23(3)4)12-21-19(24)22-17-10-7-14(2)11-16(17)20/h5-11,18H,12H2,1-4H3,(H2,21,22,24)/t18-/m1/s1. The molecule has 2 rings (SSSR count). The number of aryl methyl sites for hydroxylation is 2. The van der Waals surface area contributed by atoms with Crippen LogP contribution < -0.4 is 10.6 Å². The molecular formula is C19H24BrN3O. The Morgan fingerprint density at radius 1 is 1.08 bits per heavy atom. The summed E-state index contributed by atoms with van der Waals surface area (Å²) in [5, 5.41) is 5.83. The number of nitrogens with one attached hydrogen (secondary N) is 2. The average Bonchev–Trinajstić information content (AvgIpc) is 2.52. The highest BCUT2D eigenvalue weighted by Crippen LogP contribution is 2.23. The zero-order chi connectivity index (χ0) is 17.7. The Balaban J connectivity index is 1.98. The van der Waals surface area contributed by atoms with Crippen LogP contribution in [0.15, 0.2) is 46.9 Å². The summed E-state index contributed by atoms with van der Waals surface area (Å²) in [5.41, 5.74) is 4.31. The van der Waals surface area contributed by atoms with Crippen LogP contribution in [-0.2, 0) is 0 Å². The molecule has 1 atom stereocenters. The number of nitrogens with zero attached hydrogens (tertiary/aromatic N) is 1. The summed E-state index contributed by atoms with van der Waals surface area (Å²) < 4.78 is 0.875. The second kappa shape index (κ2) is 8.31. The molecule has 0 saturated carbocycles. The van der Waals surface area contributed by atoms with Gasteiger partial charge >= 0.3 is 6.03 Å². The van der Waals surface area contributed by atoms with Crippen LogP contribution in [0, 0.1) is 13.8 Å². The number of hydrogen-bond donors (Lipinski definition) is 2. The molecule has 2 amide bonds. The van der Waals surface area contributed by atoms with Gasteiger partial charge in [-0.2, -0.15) is 0 Å². The molecule has 0 aliphatic heterocycles. The van der Waals surface area contributed by atoms with Crippen molar-refractivity contribution in [2.24, 2.45) is 0 Å². The first-order valence-corrected chi connectivity index (χ1v) is 8.70. The number of urea groups is 1. The quantitative estimate of drug-likeness (QED) is 0.790. The predicted molar refractivity (Wildman–Crippen MR) is 104 cm³/mol. The highest BCUT2D eigenvalue weighted by molar-refractivity contribution is 9.10. The molecule has 0 unspecified atom stereocenters. The summed E-state index contributed by atoms with van der Waals surface area (Å²) in [6.07, 6.45) is 0. The van der Waals surface area contributed by atoms with Crippen molar-refractivity contribution >= 4 is 27.6 Å². The number of likely N-dealkylation sites (N-methyl/N-ethyl adjacent to an activating group) is 1. The van der Waals surface area contributed by atoms with Gasteiger partial charge in [0, 0.05) is 11.0 Å². The van der Waals surface area contributed by atoms with Crippen LogP contribution in [0.1, 0.15) is 22.7 Å². The first kappa shape index (κ1) is 18.5. The molecule has 0 spiro atoms. The minimum Gasteiger partial charge on any atom is -0.336 e. The molecule has 0 bridgehead atoms. The van der Waals surface area contributed by atoms with Crippen LogP contribution in [0.25, 0.3) is 0 Å². The van der Waals surface area contributed by atoms with E-state index in [9.17, 15) is 4.79 Å². The number of carbonyl (C=O) groups excluding carboxylic acids is 1. The SMILES string of the molecule is Cc1ccc([C@@H](CNC(=O)Nc2ccc(C)cc2Br)N(C)C)cc1. The van der Waals surface area contributed by atoms with E-state index >= 15 is 0 Å². The summed E-state index contributed by atoms with van der Waals surface area (Å²) in [6.45, 7) is 4.61. The van der Waals surface area contributed by atoms with Gasteiger partial charge in [-0.1, -0.05) is 35.9 Å². The van der Waals surface area contributed by atoms with Crippen LogP contribution in [0.4, 0.5) is 10.5 Å². The fourth-order valence-corrected chi connectivity index (χ4v) is 3.06. The van der Waals surface area contributed by atoms with E-state index in [1.807, 2.05) is 39.2 Å². The van der Waals surface area contributed by atoms with Gasteiger partial charge in [-0.25, -0.2) is 4.79 Å². The highest BCUT2D eigenvalue weighted by atomic mass is 79.9. The van der Waals surface area contributed by atoms with Gasteiger partial charge in [0.05, 0.1) is 11.7 Å². The number of benzene rings is 2. The van der Waals surface area contributed by atoms with Crippen LogP contribution in [0.5, 0.6) is 0 Å². The molecule has 2 N–H and O–H groups in total. The number of carbonyl (C=O) groups is 1. The van der Waals surface area contributed by atoms with Crippen molar-refractivity contribution in [3.8, 4) is 0 Å². The minimum atomic E-state index is -0.210. The topological polar surface area (TPSA) is 44.4 Å². The molecule has 0 aliphatic rings. The molecule has 128 valence electrons. The summed E-state index contributed by atoms with van der Waals surface area (Å²) >= 11 is 3.47. The Hall–Kier alpha value is -1.85. The van der Waals surface area contributed by atoms with E-state index in [0.29, 0.717) is 6.54 Å². The van der Waals surface area contributed by atoms with Gasteiger partial charge in [0.2, 0.25) is 0 Å². The number of halogens is 1. The normalized spacial score (nSPS) is 12.1. The van der Waals surface area contributed by atoms with E-state index < -0.39 is 0 Å². The molecule has 0 radical (unpaired) electrons. The molecule has 4 nitrogen and oxygen atoms in total. The van der Waals surface area contributed by atoms with Gasteiger partial charge in [-0.3, -0.25) is 0 Å². The lowest BCUT2D eigenvalue weighted by Crippen LogP contribution is -2.37. The number of amides is 2. The van der Waals surface area contributed by atoms with E-state index in [0.717, 1.165) is 15.7 Å². The first-order valence-electron chi connectivity index (χ1n) is 7.91. The number of hydrogen-bond acceptors (Lipinski definition) is 2. The lowest BCUT2D eigenvalue weighted by Gasteiger charge is -2.25. The van der Waals surface area contributed by atoms with Gasteiger partial charge in [0.25, 0.3) is 0 Å². The van der Waals surface area contributed by atoms with E-state index in [1.165, 1.54) is 11.1 Å². The van der Waals surface area contributed by atoms with Crippen molar-refractivity contribution in [2.45, 2.75) is 19.9 Å². The van der Waals surface area contributed by atoms with E-state index in [-0.39, 0.29) is 12.1 Å². The molecule has 0 saturated heterocycles. The minimum absolute atomic E-state index is 0.123. The second-order valence-electron chi connectivity index (χ2n) is 6.21. The van der Waals surface area contributed by atoms with Gasteiger partial charge in [-0.05, 0) is 67.1 Å². The average molecular weight is 390 g/mol. The van der Waals surface area contributed by atoms with E-state index in [4.69, 9.17) is 0 Å². The van der Waals surface area contributed by atoms with Crippen molar-refractivity contribution in [2.75, 3.05) is 26.0 Å². The van der Waals surface area contributed by atoms with Crippen molar-refractivity contribution < 1.29 is 4.79 Å². The van der Waals surface area contributed by atoms with Gasteiger partial charge in [-0.15, -0.1) is 0 Å². The molecule has 2 aromatic rings. The molecular weight excluding hydrogens is 366 g/mol. The Labute approximate surface area is 152 Å². The van der Waals surface area contributed by atoms with Gasteiger partial charge < -0.3 is 15.5 Å². The van der Waals surface area contributed by atoms with Crippen molar-refractivity contribution in [3.05, 3.63) is 63.6 Å². The molecule has 0 aromatic heterocycles. The van der Waals surface area contributed by atoms with Crippen LogP contribution >= 0.6 is 15.9 Å². The van der Waals surface area contributed by atoms with Crippen molar-refractivity contribution in [1.29, 1.82) is 0 Å². The summed E-state index contributed by atoms with van der Waals surface area (Å²) in [7, 11) is 4.03. The van der Waals surface area contributed by atoms with Gasteiger partial charge in [0.15, 0.2) is 0 Å². The van der Waals surface area contributed by atoms with Gasteiger partial charge in [0.1, 0.15) is 0 Å². The number of rotatable bonds is 5. The zero-order valence-corrected chi connectivity index (χ0v) is 16.1. The van der Waals surface area contributed by atoms with E-state index in [2.05, 4.69) is 62.7 Å². The van der Waals surface area contributed by atoms with Crippen molar-refractivity contribution in [3.63, 3.8) is 0 Å². The van der Waals surface area contributed by atoms with Crippen LogP contribution in [0.3, 0.4) is 0 Å². The maximum Gasteiger partial charge on any atom is 0.319 e. The third-order valence-corrected chi connectivity index (χ3v) is 4.57. The Kier molecular flexibility index (Phi) is 6.40. The third-order valence-electron chi connectivity index (χ3n) is 3.91. The number of anilines is 1. The fourth-order valence-electron chi connectivity index (χ4n) is 2.46. The molecule has 24 heavy (non-hydrogen) atoms. The monoisotopic (exact) mass is 389 g/mol.